The van der Waals surface area contributed by atoms with Crippen LogP contribution in [0.15, 0.2) is 24.3 Å². The first-order chi connectivity index (χ1) is 9.32. The van der Waals surface area contributed by atoms with E-state index in [1.54, 1.807) is 0 Å². The highest BCUT2D eigenvalue weighted by molar-refractivity contribution is 6.09. The highest BCUT2D eigenvalue weighted by Gasteiger charge is 2.21. The lowest BCUT2D eigenvalue weighted by Gasteiger charge is -2.07. The summed E-state index contributed by atoms with van der Waals surface area (Å²) in [6.45, 7) is 2.92. The smallest absolute Gasteiger partial charge is 0.196 e. The van der Waals surface area contributed by atoms with Crippen molar-refractivity contribution >= 4 is 5.78 Å². The molecule has 0 spiro atoms. The van der Waals surface area contributed by atoms with Gasteiger partial charge in [-0.25, -0.2) is 17.6 Å². The second-order valence-corrected chi connectivity index (χ2v) is 4.48. The lowest BCUT2D eigenvalue weighted by molar-refractivity contribution is 0.103. The van der Waals surface area contributed by atoms with Gasteiger partial charge in [0.15, 0.2) is 23.2 Å². The molecular formula is C15H10F4O. The summed E-state index contributed by atoms with van der Waals surface area (Å²) in [6, 6.07) is 4.02. The third-order valence-corrected chi connectivity index (χ3v) is 2.98. The lowest BCUT2D eigenvalue weighted by atomic mass is 9.98. The van der Waals surface area contributed by atoms with Gasteiger partial charge in [0.05, 0.1) is 5.56 Å². The molecule has 0 aliphatic heterocycles. The standard InChI is InChI=1S/C15H10F4O/c1-7-5-9(6-8(2)12(7)17)15(20)10-3-4-11(16)14(19)13(10)18/h3-6H,1-2H3. The van der Waals surface area contributed by atoms with E-state index >= 15 is 0 Å². The number of carbonyl (C=O) groups excluding carboxylic acids is 1. The van der Waals surface area contributed by atoms with Crippen LogP contribution in [0.2, 0.25) is 0 Å². The molecule has 0 aromatic heterocycles. The second kappa shape index (κ2) is 5.07. The summed E-state index contributed by atoms with van der Waals surface area (Å²) < 4.78 is 53.0. The van der Waals surface area contributed by atoms with E-state index in [1.165, 1.54) is 26.0 Å². The van der Waals surface area contributed by atoms with Crippen molar-refractivity contribution in [2.75, 3.05) is 0 Å². The number of rotatable bonds is 2. The van der Waals surface area contributed by atoms with Crippen molar-refractivity contribution in [1.29, 1.82) is 0 Å². The Bertz CT molecular complexity index is 684. The number of benzene rings is 2. The van der Waals surface area contributed by atoms with E-state index in [9.17, 15) is 22.4 Å². The number of carbonyl (C=O) groups is 1. The molecule has 2 aromatic rings. The molecular weight excluding hydrogens is 272 g/mol. The summed E-state index contributed by atoms with van der Waals surface area (Å²) in [5.41, 5.74) is -0.131. The molecule has 0 atom stereocenters. The average Bonchev–Trinajstić information content (AvgIpc) is 2.41. The predicted molar refractivity (Wildman–Crippen MR) is 65.6 cm³/mol. The molecule has 5 heteroatoms. The maximum absolute atomic E-state index is 13.6. The molecule has 20 heavy (non-hydrogen) atoms. The number of halogens is 4. The van der Waals surface area contributed by atoms with Crippen LogP contribution in [0.1, 0.15) is 27.0 Å². The zero-order valence-corrected chi connectivity index (χ0v) is 10.7. The van der Waals surface area contributed by atoms with Gasteiger partial charge in [-0.1, -0.05) is 0 Å². The van der Waals surface area contributed by atoms with E-state index in [-0.39, 0.29) is 16.7 Å². The Labute approximate surface area is 112 Å². The van der Waals surface area contributed by atoms with Gasteiger partial charge in [-0.3, -0.25) is 4.79 Å². The van der Waals surface area contributed by atoms with E-state index in [0.717, 1.165) is 6.07 Å². The summed E-state index contributed by atoms with van der Waals surface area (Å²) in [7, 11) is 0. The van der Waals surface area contributed by atoms with Gasteiger partial charge in [0.25, 0.3) is 0 Å². The Hall–Kier alpha value is -2.17. The fraction of sp³-hybridized carbons (Fsp3) is 0.133. The van der Waals surface area contributed by atoms with Gasteiger partial charge in [0.1, 0.15) is 5.82 Å². The Morgan fingerprint density at radius 3 is 1.95 bits per heavy atom. The van der Waals surface area contributed by atoms with Gasteiger partial charge in [0, 0.05) is 5.56 Å². The minimum Gasteiger partial charge on any atom is -0.288 e. The van der Waals surface area contributed by atoms with E-state index < -0.39 is 34.6 Å². The fourth-order valence-electron chi connectivity index (χ4n) is 1.93. The van der Waals surface area contributed by atoms with E-state index in [4.69, 9.17) is 0 Å². The summed E-state index contributed by atoms with van der Waals surface area (Å²) in [4.78, 5) is 12.1. The zero-order chi connectivity index (χ0) is 15.0. The van der Waals surface area contributed by atoms with Crippen LogP contribution in [0.25, 0.3) is 0 Å². The molecule has 0 fully saturated rings. The zero-order valence-electron chi connectivity index (χ0n) is 10.7. The molecule has 0 heterocycles. The van der Waals surface area contributed by atoms with Crippen LogP contribution in [0.3, 0.4) is 0 Å². The van der Waals surface area contributed by atoms with Crippen LogP contribution >= 0.6 is 0 Å². The van der Waals surface area contributed by atoms with Gasteiger partial charge in [-0.05, 0) is 49.2 Å². The first-order valence-corrected chi connectivity index (χ1v) is 5.78. The van der Waals surface area contributed by atoms with Crippen LogP contribution < -0.4 is 0 Å². The molecule has 0 amide bonds. The predicted octanol–water partition coefficient (Wildman–Crippen LogP) is 4.09. The van der Waals surface area contributed by atoms with Gasteiger partial charge in [-0.15, -0.1) is 0 Å². The second-order valence-electron chi connectivity index (χ2n) is 4.48. The van der Waals surface area contributed by atoms with Crippen LogP contribution in [-0.4, -0.2) is 5.78 Å². The number of ketones is 1. The minimum atomic E-state index is -1.70. The Balaban J connectivity index is 2.55. The molecule has 0 aliphatic carbocycles. The van der Waals surface area contributed by atoms with Crippen molar-refractivity contribution in [3.05, 3.63) is 69.8 Å². The van der Waals surface area contributed by atoms with Crippen molar-refractivity contribution in [1.82, 2.24) is 0 Å². The van der Waals surface area contributed by atoms with Crippen molar-refractivity contribution in [2.24, 2.45) is 0 Å². The maximum Gasteiger partial charge on any atom is 0.196 e. The third kappa shape index (κ3) is 2.31. The molecule has 0 radical (unpaired) electrons. The van der Waals surface area contributed by atoms with Gasteiger partial charge in [-0.2, -0.15) is 0 Å². The molecule has 2 rings (SSSR count). The SMILES string of the molecule is Cc1cc(C(=O)c2ccc(F)c(F)c2F)cc(C)c1F. The highest BCUT2D eigenvalue weighted by Crippen LogP contribution is 2.21. The summed E-state index contributed by atoms with van der Waals surface area (Å²) in [5.74, 6) is -5.91. The number of aryl methyl sites for hydroxylation is 2. The molecule has 0 bridgehead atoms. The summed E-state index contributed by atoms with van der Waals surface area (Å²) in [6.07, 6.45) is 0. The number of hydrogen-bond donors (Lipinski definition) is 0. The Morgan fingerprint density at radius 1 is 0.850 bits per heavy atom. The van der Waals surface area contributed by atoms with Gasteiger partial charge in [0.2, 0.25) is 0 Å². The first-order valence-electron chi connectivity index (χ1n) is 5.78. The third-order valence-electron chi connectivity index (χ3n) is 2.98. The molecule has 0 saturated heterocycles. The fourth-order valence-corrected chi connectivity index (χ4v) is 1.93. The highest BCUT2D eigenvalue weighted by atomic mass is 19.2. The topological polar surface area (TPSA) is 17.1 Å². The lowest BCUT2D eigenvalue weighted by Crippen LogP contribution is -2.08. The quantitative estimate of drug-likeness (QED) is 0.460. The largest absolute Gasteiger partial charge is 0.288 e. The first kappa shape index (κ1) is 14.2. The van der Waals surface area contributed by atoms with Crippen molar-refractivity contribution in [2.45, 2.75) is 13.8 Å². The molecule has 0 unspecified atom stereocenters. The average molecular weight is 282 g/mol. The van der Waals surface area contributed by atoms with Crippen LogP contribution in [-0.2, 0) is 0 Å². The molecule has 1 nitrogen and oxygen atoms in total. The van der Waals surface area contributed by atoms with Crippen molar-refractivity contribution in [3.8, 4) is 0 Å². The normalized spacial score (nSPS) is 10.7. The number of hydrogen-bond acceptors (Lipinski definition) is 1. The molecule has 0 N–H and O–H groups in total. The Kier molecular flexibility index (Phi) is 3.61. The summed E-state index contributed by atoms with van der Waals surface area (Å²) >= 11 is 0. The van der Waals surface area contributed by atoms with Crippen molar-refractivity contribution in [3.63, 3.8) is 0 Å². The van der Waals surface area contributed by atoms with Gasteiger partial charge < -0.3 is 0 Å². The Morgan fingerprint density at radius 2 is 1.40 bits per heavy atom. The van der Waals surface area contributed by atoms with Gasteiger partial charge >= 0.3 is 0 Å². The molecule has 0 saturated carbocycles. The van der Waals surface area contributed by atoms with Crippen LogP contribution in [0, 0.1) is 37.1 Å². The van der Waals surface area contributed by atoms with E-state index in [0.29, 0.717) is 6.07 Å². The van der Waals surface area contributed by atoms with E-state index in [2.05, 4.69) is 0 Å². The molecule has 0 aliphatic rings. The van der Waals surface area contributed by atoms with Crippen LogP contribution in [0.5, 0.6) is 0 Å². The minimum absolute atomic E-state index is 0.0197. The van der Waals surface area contributed by atoms with E-state index in [1.807, 2.05) is 0 Å². The maximum atomic E-state index is 13.6. The summed E-state index contributed by atoms with van der Waals surface area (Å²) in [5, 5.41) is 0. The van der Waals surface area contributed by atoms with Crippen LogP contribution in [0.4, 0.5) is 17.6 Å². The monoisotopic (exact) mass is 282 g/mol. The van der Waals surface area contributed by atoms with Crippen molar-refractivity contribution < 1.29 is 22.4 Å². The molecule has 104 valence electrons. The molecule has 2 aromatic carbocycles.